The summed E-state index contributed by atoms with van der Waals surface area (Å²) in [5.74, 6) is 0. The Morgan fingerprint density at radius 2 is 1.62 bits per heavy atom. The zero-order chi connectivity index (χ0) is 23.9. The lowest BCUT2D eigenvalue weighted by atomic mass is 10.1. The Bertz CT molecular complexity index is 1440. The molecule has 0 aliphatic heterocycles. The highest BCUT2D eigenvalue weighted by Gasteiger charge is 2.16. The lowest BCUT2D eigenvalue weighted by Gasteiger charge is -2.02. The van der Waals surface area contributed by atoms with Crippen molar-refractivity contribution in [2.45, 2.75) is 0 Å². The van der Waals surface area contributed by atoms with Gasteiger partial charge in [0.25, 0.3) is 11.2 Å². The number of para-hydroxylation sites is 1. The number of benzene rings is 3. The summed E-state index contributed by atoms with van der Waals surface area (Å²) in [5, 5.41) is 34.2. The molecule has 4 rings (SSSR count). The van der Waals surface area contributed by atoms with Gasteiger partial charge in [-0.05, 0) is 24.3 Å². The van der Waals surface area contributed by atoms with Crippen LogP contribution in [0.2, 0.25) is 0 Å². The molecule has 0 fully saturated rings. The van der Waals surface area contributed by atoms with Crippen LogP contribution >= 0.6 is 0 Å². The van der Waals surface area contributed by atoms with Gasteiger partial charge in [0, 0.05) is 23.3 Å². The highest BCUT2D eigenvalue weighted by molar-refractivity contribution is 6.38. The number of aromatic amines is 1. The molecule has 0 amide bonds. The van der Waals surface area contributed by atoms with E-state index in [1.165, 1.54) is 23.0 Å². The van der Waals surface area contributed by atoms with Gasteiger partial charge < -0.3 is 5.21 Å². The third kappa shape index (κ3) is 4.70. The summed E-state index contributed by atoms with van der Waals surface area (Å²) < 4.78 is 1.36. The van der Waals surface area contributed by atoms with Crippen molar-refractivity contribution in [3.63, 3.8) is 0 Å². The van der Waals surface area contributed by atoms with E-state index >= 15 is 0 Å². The van der Waals surface area contributed by atoms with Crippen molar-refractivity contribution >= 4 is 23.8 Å². The van der Waals surface area contributed by atoms with Gasteiger partial charge in [-0.25, -0.2) is 4.68 Å². The number of nitro benzene ring substituents is 1. The number of nitro groups is 1. The Labute approximate surface area is 193 Å². The van der Waals surface area contributed by atoms with Crippen molar-refractivity contribution < 1.29 is 10.1 Å². The second-order valence-corrected chi connectivity index (χ2v) is 7.02. The normalized spacial score (nSPS) is 11.9. The minimum absolute atomic E-state index is 0.0656. The number of H-pyrrole nitrogens is 1. The smallest absolute Gasteiger partial charge is 0.280 e. The molecular formula is C24H18N6O4. The Kier molecular flexibility index (Phi) is 6.50. The van der Waals surface area contributed by atoms with Crippen LogP contribution in [0.5, 0.6) is 0 Å². The fourth-order valence-corrected chi connectivity index (χ4v) is 3.27. The number of nitrogens with zero attached hydrogens (tertiary/aromatic N) is 5. The van der Waals surface area contributed by atoms with Gasteiger partial charge >= 0.3 is 0 Å². The number of oxime groups is 1. The van der Waals surface area contributed by atoms with E-state index in [0.717, 1.165) is 6.21 Å². The average molecular weight is 454 g/mol. The largest absolute Gasteiger partial charge is 0.411 e. The monoisotopic (exact) mass is 454 g/mol. The van der Waals surface area contributed by atoms with E-state index in [9.17, 15) is 14.9 Å². The van der Waals surface area contributed by atoms with Crippen LogP contribution in [-0.4, -0.2) is 38.1 Å². The summed E-state index contributed by atoms with van der Waals surface area (Å²) in [6, 6.07) is 23.8. The van der Waals surface area contributed by atoms with Gasteiger partial charge in [-0.15, -0.1) is 5.10 Å². The van der Waals surface area contributed by atoms with E-state index in [0.29, 0.717) is 22.5 Å². The molecule has 0 radical (unpaired) electrons. The predicted molar refractivity (Wildman–Crippen MR) is 129 cm³/mol. The molecule has 10 heteroatoms. The first-order valence-corrected chi connectivity index (χ1v) is 10.1. The van der Waals surface area contributed by atoms with E-state index in [1.54, 1.807) is 60.7 Å². The van der Waals surface area contributed by atoms with Gasteiger partial charge in [-0.3, -0.25) is 20.0 Å². The molecule has 0 saturated heterocycles. The molecule has 0 unspecified atom stereocenters. The SMILES string of the molecule is O=c1c(C=N/N=C(/C=N\O)c2ccccc2)c(-c2ccc([N+](=O)[O-])cc2)[nH]n1-c1ccccc1. The number of nitrogens with one attached hydrogen (secondary N) is 1. The molecule has 0 aliphatic rings. The quantitative estimate of drug-likeness (QED) is 0.188. The molecule has 3 aromatic carbocycles. The standard InChI is InChI=1S/C24H18N6O4/c31-24-21(15-25-27-22(16-26-32)17-7-3-1-4-8-17)23(18-11-13-20(14-12-18)30(33)34)28-29(24)19-9-5-2-6-10-19/h1-16,28,32H/b25-15?,26-16-,27-22-. The third-order valence-electron chi connectivity index (χ3n) is 4.91. The molecule has 168 valence electrons. The maximum Gasteiger partial charge on any atom is 0.280 e. The van der Waals surface area contributed by atoms with Crippen LogP contribution in [0.3, 0.4) is 0 Å². The van der Waals surface area contributed by atoms with Crippen molar-refractivity contribution in [3.05, 3.63) is 117 Å². The van der Waals surface area contributed by atoms with Crippen molar-refractivity contribution in [2.75, 3.05) is 0 Å². The number of aromatic nitrogens is 2. The van der Waals surface area contributed by atoms with Crippen LogP contribution in [0.4, 0.5) is 5.69 Å². The fourth-order valence-electron chi connectivity index (χ4n) is 3.27. The van der Waals surface area contributed by atoms with Crippen LogP contribution in [0, 0.1) is 10.1 Å². The van der Waals surface area contributed by atoms with Crippen LogP contribution in [0.25, 0.3) is 16.9 Å². The van der Waals surface area contributed by atoms with Gasteiger partial charge in [0.1, 0.15) is 5.71 Å². The molecule has 2 N–H and O–H groups in total. The summed E-state index contributed by atoms with van der Waals surface area (Å²) in [4.78, 5) is 23.7. The summed E-state index contributed by atoms with van der Waals surface area (Å²) in [5.41, 5.74) is 2.30. The number of non-ortho nitro benzene ring substituents is 1. The van der Waals surface area contributed by atoms with Crippen LogP contribution in [-0.2, 0) is 0 Å². The van der Waals surface area contributed by atoms with E-state index in [1.807, 2.05) is 12.1 Å². The molecule has 0 atom stereocenters. The highest BCUT2D eigenvalue weighted by atomic mass is 16.6. The van der Waals surface area contributed by atoms with E-state index < -0.39 is 4.92 Å². The predicted octanol–water partition coefficient (Wildman–Crippen LogP) is 4.02. The molecule has 10 nitrogen and oxygen atoms in total. The van der Waals surface area contributed by atoms with Crippen molar-refractivity contribution in [1.82, 2.24) is 9.78 Å². The topological polar surface area (TPSA) is 138 Å². The molecule has 34 heavy (non-hydrogen) atoms. The lowest BCUT2D eigenvalue weighted by Crippen LogP contribution is -2.17. The number of hydrogen-bond donors (Lipinski definition) is 2. The summed E-state index contributed by atoms with van der Waals surface area (Å²) in [6.07, 6.45) is 2.44. The van der Waals surface area contributed by atoms with Crippen molar-refractivity contribution in [1.29, 1.82) is 0 Å². The molecule has 0 bridgehead atoms. The first kappa shape index (κ1) is 22.1. The first-order valence-electron chi connectivity index (χ1n) is 10.1. The summed E-state index contributed by atoms with van der Waals surface area (Å²) >= 11 is 0. The van der Waals surface area contributed by atoms with Crippen molar-refractivity contribution in [2.24, 2.45) is 15.4 Å². The fraction of sp³-hybridized carbons (Fsp3) is 0. The van der Waals surface area contributed by atoms with Gasteiger partial charge in [0.05, 0.1) is 34.3 Å². The number of rotatable bonds is 7. The molecule has 0 aliphatic carbocycles. The first-order chi connectivity index (χ1) is 16.6. The molecule has 4 aromatic rings. The maximum atomic E-state index is 13.2. The number of hydrogen-bond acceptors (Lipinski definition) is 7. The Balaban J connectivity index is 1.81. The zero-order valence-electron chi connectivity index (χ0n) is 17.6. The maximum absolute atomic E-state index is 13.2. The lowest BCUT2D eigenvalue weighted by molar-refractivity contribution is -0.384. The second kappa shape index (κ2) is 10.0. The van der Waals surface area contributed by atoms with E-state index in [4.69, 9.17) is 5.21 Å². The average Bonchev–Trinajstić information content (AvgIpc) is 3.20. The van der Waals surface area contributed by atoms with Gasteiger partial charge in [0.15, 0.2) is 0 Å². The Morgan fingerprint density at radius 1 is 0.971 bits per heavy atom. The minimum atomic E-state index is -0.493. The Hall–Kier alpha value is -5.12. The summed E-state index contributed by atoms with van der Waals surface area (Å²) in [7, 11) is 0. The Morgan fingerprint density at radius 3 is 2.24 bits per heavy atom. The summed E-state index contributed by atoms with van der Waals surface area (Å²) in [6.45, 7) is 0. The molecule has 0 spiro atoms. The molecule has 1 heterocycles. The van der Waals surface area contributed by atoms with E-state index in [-0.39, 0.29) is 22.5 Å². The third-order valence-corrected chi connectivity index (χ3v) is 4.91. The van der Waals surface area contributed by atoms with Crippen LogP contribution in [0.1, 0.15) is 11.1 Å². The molecule has 0 saturated carbocycles. The van der Waals surface area contributed by atoms with E-state index in [2.05, 4.69) is 20.5 Å². The zero-order valence-corrected chi connectivity index (χ0v) is 17.6. The van der Waals surface area contributed by atoms with Gasteiger partial charge in [-0.2, -0.15) is 5.10 Å². The van der Waals surface area contributed by atoms with Crippen molar-refractivity contribution in [3.8, 4) is 16.9 Å². The second-order valence-electron chi connectivity index (χ2n) is 7.02. The van der Waals surface area contributed by atoms with Gasteiger partial charge in [0.2, 0.25) is 0 Å². The van der Waals surface area contributed by atoms with Crippen LogP contribution in [0.15, 0.2) is 105 Å². The highest BCUT2D eigenvalue weighted by Crippen LogP contribution is 2.23. The molecular weight excluding hydrogens is 436 g/mol. The minimum Gasteiger partial charge on any atom is -0.411 e. The molecule has 1 aromatic heterocycles. The van der Waals surface area contributed by atoms with Gasteiger partial charge in [-0.1, -0.05) is 53.7 Å². The van der Waals surface area contributed by atoms with Crippen LogP contribution < -0.4 is 5.56 Å².